The van der Waals surface area contributed by atoms with E-state index in [4.69, 9.17) is 5.73 Å². The van der Waals surface area contributed by atoms with Gasteiger partial charge in [-0.3, -0.25) is 0 Å². The molecule has 1 unspecified atom stereocenters. The molecular weight excluding hydrogens is 241 g/mol. The first-order chi connectivity index (χ1) is 7.74. The van der Waals surface area contributed by atoms with E-state index in [0.717, 1.165) is 12.1 Å². The van der Waals surface area contributed by atoms with Crippen LogP contribution in [0.1, 0.15) is 17.5 Å². The lowest BCUT2D eigenvalue weighted by Gasteiger charge is -2.20. The fourth-order valence-electron chi connectivity index (χ4n) is 2.11. The third kappa shape index (κ3) is 1.71. The average Bonchev–Trinajstić information content (AvgIpc) is 2.81. The first kappa shape index (κ1) is 12.3. The normalized spacial score (nSPS) is 26.9. The number of nitrogens with two attached hydrogens (primary N) is 1. The minimum Gasteiger partial charge on any atom is -0.329 e. The van der Waals surface area contributed by atoms with Crippen molar-refractivity contribution in [3.8, 4) is 0 Å². The Balaban J connectivity index is 2.54. The van der Waals surface area contributed by atoms with Gasteiger partial charge in [0.25, 0.3) is 5.92 Å². The molecule has 0 heterocycles. The first-order valence-corrected chi connectivity index (χ1v) is 4.99. The van der Waals surface area contributed by atoms with Gasteiger partial charge in [0.05, 0.1) is 11.0 Å². The maximum Gasteiger partial charge on any atom is 0.416 e. The first-order valence-electron chi connectivity index (χ1n) is 4.99. The molecule has 2 N–H and O–H groups in total. The lowest BCUT2D eigenvalue weighted by Crippen LogP contribution is -2.29. The van der Waals surface area contributed by atoms with E-state index in [1.54, 1.807) is 0 Å². The fraction of sp³-hybridized carbons (Fsp3) is 0.455. The second-order valence-corrected chi connectivity index (χ2v) is 4.21. The molecule has 1 saturated carbocycles. The molecule has 0 aromatic heterocycles. The summed E-state index contributed by atoms with van der Waals surface area (Å²) in [6.45, 7) is -0.493. The van der Waals surface area contributed by atoms with Crippen molar-refractivity contribution in [2.24, 2.45) is 5.73 Å². The Bertz CT molecular complexity index is 440. The van der Waals surface area contributed by atoms with Crippen molar-refractivity contribution in [1.29, 1.82) is 0 Å². The van der Waals surface area contributed by atoms with E-state index in [-0.39, 0.29) is 0 Å². The third-order valence-electron chi connectivity index (χ3n) is 3.20. The Hall–Kier alpha value is -1.17. The minimum absolute atomic E-state index is 0.403. The lowest BCUT2D eigenvalue weighted by atomic mass is 9.90. The Morgan fingerprint density at radius 2 is 1.71 bits per heavy atom. The minimum atomic E-state index is -4.64. The molecular formula is C11H10F5N. The van der Waals surface area contributed by atoms with Crippen LogP contribution >= 0.6 is 0 Å². The summed E-state index contributed by atoms with van der Waals surface area (Å²) in [5, 5.41) is 0. The molecule has 1 aliphatic rings. The SMILES string of the molecule is NCC1(c2ccccc2C(F)(F)F)CC1(F)F. The molecule has 0 radical (unpaired) electrons. The summed E-state index contributed by atoms with van der Waals surface area (Å²) < 4.78 is 64.6. The van der Waals surface area contributed by atoms with Crippen LogP contribution in [0.2, 0.25) is 0 Å². The summed E-state index contributed by atoms with van der Waals surface area (Å²) >= 11 is 0. The Kier molecular flexibility index (Phi) is 2.47. The van der Waals surface area contributed by atoms with Crippen LogP contribution in [0.15, 0.2) is 24.3 Å². The van der Waals surface area contributed by atoms with Crippen LogP contribution in [0.3, 0.4) is 0 Å². The van der Waals surface area contributed by atoms with Crippen molar-refractivity contribution < 1.29 is 22.0 Å². The van der Waals surface area contributed by atoms with E-state index in [9.17, 15) is 22.0 Å². The standard InChI is InChI=1S/C11H10F5N/c12-10(13)5-9(10,6-17)7-3-1-2-4-8(7)11(14,15)16/h1-4H,5-6,17H2. The van der Waals surface area contributed by atoms with Gasteiger partial charge in [0.2, 0.25) is 0 Å². The van der Waals surface area contributed by atoms with Gasteiger partial charge in [0, 0.05) is 13.0 Å². The monoisotopic (exact) mass is 251 g/mol. The molecule has 94 valence electrons. The van der Waals surface area contributed by atoms with E-state index in [1.165, 1.54) is 12.1 Å². The summed E-state index contributed by atoms with van der Waals surface area (Å²) in [6, 6.07) is 4.38. The van der Waals surface area contributed by atoms with Crippen molar-refractivity contribution in [3.63, 3.8) is 0 Å². The predicted molar refractivity (Wildman–Crippen MR) is 51.7 cm³/mol. The van der Waals surface area contributed by atoms with Crippen LogP contribution < -0.4 is 5.73 Å². The Labute approximate surface area is 94.4 Å². The number of benzene rings is 1. The van der Waals surface area contributed by atoms with E-state index in [1.807, 2.05) is 0 Å². The second kappa shape index (κ2) is 3.41. The van der Waals surface area contributed by atoms with Gasteiger partial charge >= 0.3 is 6.18 Å². The van der Waals surface area contributed by atoms with E-state index in [2.05, 4.69) is 0 Å². The maximum atomic E-state index is 13.3. The second-order valence-electron chi connectivity index (χ2n) is 4.21. The van der Waals surface area contributed by atoms with Crippen LogP contribution in [-0.4, -0.2) is 12.5 Å². The average molecular weight is 251 g/mol. The zero-order chi connectivity index (χ0) is 12.9. The maximum absolute atomic E-state index is 13.3. The van der Waals surface area contributed by atoms with E-state index in [0.29, 0.717) is 0 Å². The van der Waals surface area contributed by atoms with E-state index >= 15 is 0 Å². The molecule has 0 spiro atoms. The number of halogens is 5. The topological polar surface area (TPSA) is 26.0 Å². The van der Waals surface area contributed by atoms with Crippen LogP contribution in [-0.2, 0) is 11.6 Å². The number of alkyl halides is 5. The summed E-state index contributed by atoms with van der Waals surface area (Å²) in [6.07, 6.45) is -5.26. The number of hydrogen-bond donors (Lipinski definition) is 1. The third-order valence-corrected chi connectivity index (χ3v) is 3.20. The van der Waals surface area contributed by atoms with Crippen molar-refractivity contribution in [2.75, 3.05) is 6.54 Å². The van der Waals surface area contributed by atoms with Crippen molar-refractivity contribution in [3.05, 3.63) is 35.4 Å². The van der Waals surface area contributed by atoms with Crippen LogP contribution in [0, 0.1) is 0 Å². The summed E-state index contributed by atoms with van der Waals surface area (Å²) in [5.41, 5.74) is 1.97. The highest BCUT2D eigenvalue weighted by molar-refractivity contribution is 5.45. The molecule has 1 nitrogen and oxygen atoms in total. The molecule has 1 aromatic carbocycles. The molecule has 0 aliphatic heterocycles. The lowest BCUT2D eigenvalue weighted by molar-refractivity contribution is -0.138. The van der Waals surface area contributed by atoms with Gasteiger partial charge < -0.3 is 5.73 Å². The molecule has 17 heavy (non-hydrogen) atoms. The van der Waals surface area contributed by atoms with Gasteiger partial charge in [-0.1, -0.05) is 18.2 Å². The van der Waals surface area contributed by atoms with Crippen molar-refractivity contribution in [2.45, 2.75) is 23.9 Å². The smallest absolute Gasteiger partial charge is 0.329 e. The molecule has 0 bridgehead atoms. The number of rotatable bonds is 2. The molecule has 1 fully saturated rings. The predicted octanol–water partition coefficient (Wildman–Crippen LogP) is 2.94. The largest absolute Gasteiger partial charge is 0.416 e. The summed E-state index contributed by atoms with van der Waals surface area (Å²) in [7, 11) is 0. The molecule has 0 amide bonds. The fourth-order valence-corrected chi connectivity index (χ4v) is 2.11. The molecule has 6 heteroatoms. The van der Waals surface area contributed by atoms with Gasteiger partial charge in [-0.2, -0.15) is 13.2 Å². The molecule has 0 saturated heterocycles. The molecule has 1 aromatic rings. The van der Waals surface area contributed by atoms with Crippen LogP contribution in [0.4, 0.5) is 22.0 Å². The van der Waals surface area contributed by atoms with E-state index < -0.39 is 41.6 Å². The van der Waals surface area contributed by atoms with Gasteiger partial charge in [-0.15, -0.1) is 0 Å². The number of hydrogen-bond acceptors (Lipinski definition) is 1. The van der Waals surface area contributed by atoms with Gasteiger partial charge in [0.1, 0.15) is 0 Å². The molecule has 1 atom stereocenters. The van der Waals surface area contributed by atoms with Crippen molar-refractivity contribution in [1.82, 2.24) is 0 Å². The molecule has 1 aliphatic carbocycles. The van der Waals surface area contributed by atoms with Crippen LogP contribution in [0.5, 0.6) is 0 Å². The highest BCUT2D eigenvalue weighted by Gasteiger charge is 2.72. The zero-order valence-electron chi connectivity index (χ0n) is 8.69. The summed E-state index contributed by atoms with van der Waals surface area (Å²) in [4.78, 5) is 0. The summed E-state index contributed by atoms with van der Waals surface area (Å²) in [5.74, 6) is -3.15. The van der Waals surface area contributed by atoms with Crippen molar-refractivity contribution >= 4 is 0 Å². The zero-order valence-corrected chi connectivity index (χ0v) is 8.69. The van der Waals surface area contributed by atoms with Gasteiger partial charge in [0.15, 0.2) is 0 Å². The molecule has 2 rings (SSSR count). The Morgan fingerprint density at radius 1 is 1.18 bits per heavy atom. The highest BCUT2D eigenvalue weighted by atomic mass is 19.4. The van der Waals surface area contributed by atoms with Gasteiger partial charge in [-0.25, -0.2) is 8.78 Å². The van der Waals surface area contributed by atoms with Crippen LogP contribution in [0.25, 0.3) is 0 Å². The highest BCUT2D eigenvalue weighted by Crippen LogP contribution is 2.62. The van der Waals surface area contributed by atoms with Gasteiger partial charge in [-0.05, 0) is 11.6 Å². The Morgan fingerprint density at radius 3 is 2.12 bits per heavy atom. The quantitative estimate of drug-likeness (QED) is 0.803.